The number of quaternary nitrogens is 1. The number of carboxylic acids is 1. The summed E-state index contributed by atoms with van der Waals surface area (Å²) in [6.45, 7) is 4.84. The van der Waals surface area contributed by atoms with Crippen LogP contribution >= 0.6 is 0 Å². The number of aliphatic carboxylic acids is 1. The summed E-state index contributed by atoms with van der Waals surface area (Å²) in [5, 5.41) is 10.5. The number of benzene rings is 1. The summed E-state index contributed by atoms with van der Waals surface area (Å²) in [4.78, 5) is 56.5. The molecule has 3 heterocycles. The van der Waals surface area contributed by atoms with E-state index in [0.717, 1.165) is 30.3 Å². The number of rotatable bonds is 15. The summed E-state index contributed by atoms with van der Waals surface area (Å²) >= 11 is 0. The van der Waals surface area contributed by atoms with Crippen molar-refractivity contribution in [2.75, 3.05) is 74.3 Å². The molecule has 0 aliphatic carbocycles. The van der Waals surface area contributed by atoms with Crippen molar-refractivity contribution in [1.29, 1.82) is 0 Å². The molecule has 3 unspecified atom stereocenters. The Balaban J connectivity index is 1.61. The number of hydrogen-bond acceptors (Lipinski definition) is 8. The topological polar surface area (TPSA) is 126 Å². The maximum Gasteiger partial charge on any atom is 0.308 e. The molecule has 3 aliphatic heterocycles. The number of imide groups is 1. The Kier molecular flexibility index (Phi) is 10.5. The molecule has 2 fully saturated rings. The second kappa shape index (κ2) is 13.9. The van der Waals surface area contributed by atoms with Gasteiger partial charge in [-0.25, -0.2) is 0 Å². The van der Waals surface area contributed by atoms with Crippen LogP contribution in [0.2, 0.25) is 0 Å². The standard InChI is InChI=1S/C31H46N4O8/c1-6-7-12-32(13-8-15-35(2,3)4)28(38)19-33-18-22(21-16-24(41-5)30-25(17-21)42-20-43-30)29(31(39)40)23(33)11-14-34-26(36)9-10-27(34)37/h16-17,22-23,29H,6-15,18-20H2,1-5H3/p+1. The first-order chi connectivity index (χ1) is 20.4. The molecule has 238 valence electrons. The van der Waals surface area contributed by atoms with Gasteiger partial charge in [-0.05, 0) is 30.5 Å². The van der Waals surface area contributed by atoms with Gasteiger partial charge in [0.15, 0.2) is 11.5 Å². The van der Waals surface area contributed by atoms with Crippen LogP contribution in [0.3, 0.4) is 0 Å². The summed E-state index contributed by atoms with van der Waals surface area (Å²) < 4.78 is 17.5. The molecular weight excluding hydrogens is 556 g/mol. The van der Waals surface area contributed by atoms with Crippen molar-refractivity contribution in [1.82, 2.24) is 14.7 Å². The van der Waals surface area contributed by atoms with Gasteiger partial charge in [-0.1, -0.05) is 13.3 Å². The van der Waals surface area contributed by atoms with E-state index in [-0.39, 0.29) is 56.9 Å². The minimum atomic E-state index is -0.994. The number of carboxylic acid groups (broad SMARTS) is 1. The summed E-state index contributed by atoms with van der Waals surface area (Å²) in [5.74, 6) is -1.45. The third kappa shape index (κ3) is 7.77. The van der Waals surface area contributed by atoms with E-state index in [4.69, 9.17) is 14.2 Å². The number of hydrogen-bond donors (Lipinski definition) is 1. The van der Waals surface area contributed by atoms with Crippen LogP contribution in [0.4, 0.5) is 0 Å². The summed E-state index contributed by atoms with van der Waals surface area (Å²) in [6.07, 6.45) is 3.31. The third-order valence-corrected chi connectivity index (χ3v) is 8.68. The van der Waals surface area contributed by atoms with Crippen LogP contribution in [0.5, 0.6) is 17.2 Å². The molecule has 1 aromatic carbocycles. The fraction of sp³-hybridized carbons (Fsp3) is 0.677. The summed E-state index contributed by atoms with van der Waals surface area (Å²) in [6, 6.07) is 3.01. The predicted octanol–water partition coefficient (Wildman–Crippen LogP) is 2.16. The molecule has 1 N–H and O–H groups in total. The van der Waals surface area contributed by atoms with Crippen LogP contribution in [0.1, 0.15) is 56.9 Å². The average molecular weight is 604 g/mol. The van der Waals surface area contributed by atoms with E-state index in [2.05, 4.69) is 28.1 Å². The van der Waals surface area contributed by atoms with Gasteiger partial charge in [0, 0.05) is 57.4 Å². The molecule has 43 heavy (non-hydrogen) atoms. The van der Waals surface area contributed by atoms with Crippen LogP contribution < -0.4 is 14.2 Å². The Labute approximate surface area is 254 Å². The molecule has 3 atom stereocenters. The van der Waals surface area contributed by atoms with E-state index in [9.17, 15) is 24.3 Å². The first kappa shape index (κ1) is 32.5. The highest BCUT2D eigenvalue weighted by atomic mass is 16.7. The Morgan fingerprint density at radius 2 is 1.79 bits per heavy atom. The molecule has 0 radical (unpaired) electrons. The van der Waals surface area contributed by atoms with E-state index in [0.29, 0.717) is 42.4 Å². The van der Waals surface area contributed by atoms with Gasteiger partial charge in [-0.2, -0.15) is 0 Å². The smallest absolute Gasteiger partial charge is 0.308 e. The lowest BCUT2D eigenvalue weighted by Gasteiger charge is -2.31. The van der Waals surface area contributed by atoms with Crippen LogP contribution in [0.15, 0.2) is 12.1 Å². The van der Waals surface area contributed by atoms with Crippen molar-refractivity contribution in [3.8, 4) is 17.2 Å². The lowest BCUT2D eigenvalue weighted by molar-refractivity contribution is -0.870. The highest BCUT2D eigenvalue weighted by Gasteiger charge is 2.48. The van der Waals surface area contributed by atoms with Crippen LogP contribution in [-0.4, -0.2) is 128 Å². The fourth-order valence-corrected chi connectivity index (χ4v) is 6.41. The van der Waals surface area contributed by atoms with Gasteiger partial charge in [0.05, 0.1) is 47.3 Å². The number of likely N-dealkylation sites (tertiary alicyclic amines) is 2. The number of amides is 3. The van der Waals surface area contributed by atoms with Gasteiger partial charge in [-0.15, -0.1) is 0 Å². The number of fused-ring (bicyclic) bond motifs is 1. The molecule has 4 rings (SSSR count). The van der Waals surface area contributed by atoms with E-state index >= 15 is 0 Å². The van der Waals surface area contributed by atoms with Crippen LogP contribution in [0.25, 0.3) is 0 Å². The maximum absolute atomic E-state index is 13.8. The van der Waals surface area contributed by atoms with E-state index in [1.165, 1.54) is 12.0 Å². The zero-order valence-corrected chi connectivity index (χ0v) is 26.2. The quantitative estimate of drug-likeness (QED) is 0.237. The van der Waals surface area contributed by atoms with Crippen molar-refractivity contribution in [3.63, 3.8) is 0 Å². The Hall–Kier alpha value is -3.38. The minimum Gasteiger partial charge on any atom is -0.493 e. The van der Waals surface area contributed by atoms with Gasteiger partial charge in [0.25, 0.3) is 0 Å². The SMILES string of the molecule is CCCCN(CCC[N+](C)(C)C)C(=O)CN1CC(c2cc(OC)c3c(c2)OCO3)C(C(=O)O)C1CCN1C(=O)CCC1=O. The lowest BCUT2D eigenvalue weighted by Crippen LogP contribution is -2.46. The van der Waals surface area contributed by atoms with Crippen molar-refractivity contribution >= 4 is 23.7 Å². The normalized spacial score (nSPS) is 22.0. The van der Waals surface area contributed by atoms with Gasteiger partial charge in [-0.3, -0.25) is 29.0 Å². The highest BCUT2D eigenvalue weighted by Crippen LogP contribution is 2.47. The molecular formula is C31H47N4O8+. The Morgan fingerprint density at radius 3 is 2.42 bits per heavy atom. The largest absolute Gasteiger partial charge is 0.493 e. The van der Waals surface area contributed by atoms with Crippen molar-refractivity contribution < 1.29 is 43.0 Å². The highest BCUT2D eigenvalue weighted by molar-refractivity contribution is 6.01. The minimum absolute atomic E-state index is 0.0405. The van der Waals surface area contributed by atoms with E-state index in [1.54, 1.807) is 12.1 Å². The average Bonchev–Trinajstić information content (AvgIpc) is 3.65. The van der Waals surface area contributed by atoms with Gasteiger partial charge in [0.2, 0.25) is 30.3 Å². The number of unbranched alkanes of at least 4 members (excludes halogenated alkanes) is 1. The number of carbonyl (C=O) groups is 4. The molecule has 3 aliphatic rings. The van der Waals surface area contributed by atoms with Gasteiger partial charge < -0.3 is 28.7 Å². The number of nitrogens with zero attached hydrogens (tertiary/aromatic N) is 4. The molecule has 2 saturated heterocycles. The lowest BCUT2D eigenvalue weighted by atomic mass is 9.84. The molecule has 12 heteroatoms. The summed E-state index contributed by atoms with van der Waals surface area (Å²) in [5.41, 5.74) is 0.715. The molecule has 1 aromatic rings. The van der Waals surface area contributed by atoms with Crippen molar-refractivity contribution in [3.05, 3.63) is 17.7 Å². The molecule has 0 bridgehead atoms. The molecule has 12 nitrogen and oxygen atoms in total. The second-order valence-corrected chi connectivity index (χ2v) is 12.8. The van der Waals surface area contributed by atoms with Gasteiger partial charge >= 0.3 is 5.97 Å². The Morgan fingerprint density at radius 1 is 1.09 bits per heavy atom. The van der Waals surface area contributed by atoms with Crippen LogP contribution in [0, 0.1) is 5.92 Å². The molecule has 0 saturated carbocycles. The first-order valence-electron chi connectivity index (χ1n) is 15.3. The molecule has 0 aromatic heterocycles. The Bertz CT molecular complexity index is 1180. The first-order valence-corrected chi connectivity index (χ1v) is 15.3. The van der Waals surface area contributed by atoms with Crippen molar-refractivity contribution in [2.45, 2.75) is 57.4 Å². The number of ether oxygens (including phenoxy) is 3. The maximum atomic E-state index is 13.8. The second-order valence-electron chi connectivity index (χ2n) is 12.8. The van der Waals surface area contributed by atoms with Crippen molar-refractivity contribution in [2.24, 2.45) is 5.92 Å². The number of carbonyl (C=O) groups excluding carboxylic acids is 3. The third-order valence-electron chi connectivity index (χ3n) is 8.68. The summed E-state index contributed by atoms with van der Waals surface area (Å²) in [7, 11) is 7.90. The zero-order valence-electron chi connectivity index (χ0n) is 26.2. The van der Waals surface area contributed by atoms with E-state index in [1.807, 2.05) is 9.80 Å². The van der Waals surface area contributed by atoms with Gasteiger partial charge in [0.1, 0.15) is 0 Å². The van der Waals surface area contributed by atoms with E-state index < -0.39 is 23.8 Å². The fourth-order valence-electron chi connectivity index (χ4n) is 6.41. The monoisotopic (exact) mass is 603 g/mol. The zero-order chi connectivity index (χ0) is 31.3. The van der Waals surface area contributed by atoms with Crippen LogP contribution in [-0.2, 0) is 19.2 Å². The number of methoxy groups -OCH3 is 1. The molecule has 0 spiro atoms. The predicted molar refractivity (Wildman–Crippen MR) is 158 cm³/mol. The molecule has 3 amide bonds.